The van der Waals surface area contributed by atoms with Crippen LogP contribution in [0.4, 0.5) is 19.2 Å². The highest BCUT2D eigenvalue weighted by molar-refractivity contribution is 5.95. The summed E-state index contributed by atoms with van der Waals surface area (Å²) < 4.78 is 48.0. The maximum Gasteiger partial charge on any atom is 0.407 e. The molecule has 0 aliphatic heterocycles. The van der Waals surface area contributed by atoms with Crippen LogP contribution in [0.25, 0.3) is 0 Å². The van der Waals surface area contributed by atoms with Gasteiger partial charge in [-0.3, -0.25) is 19.3 Å². The van der Waals surface area contributed by atoms with Gasteiger partial charge >= 0.3 is 65.3 Å². The highest BCUT2D eigenvalue weighted by Gasteiger charge is 2.21. The molecule has 30 heteroatoms. The number of ether oxygens (including phenoxy) is 9. The molecule has 30 nitrogen and oxygen atoms in total. The Morgan fingerprint density at radius 3 is 1.08 bits per heavy atom. The standard InChI is InChI=1S/C36H60N2O11.C34H58N6O11/c1-5-33(41)47-27-26-45-25-19-13-7-8-14-20-31(39)38(32(40)21-15-9-11-17-23-37-36(44)46-6-2)24-18-12-10-16-22-34(42)48-28-29-49-35(43)30(3)4;1-5-48-29(42)35-19-13-7-10-16-22-38-32(45)39(23-17-11-8-14-20-36-30(43)49-6-2)34(47)40(33(38)46)24-18-12-9-15-21-37-31(44)51-26-25-50-28(41)27(3)4/h5H,1,3,6-29H2,2,4H3,(H,37,44);3,5-26H2,1-2,4H3,(H,35,42)(H,36,43)(H,37,44). The van der Waals surface area contributed by atoms with E-state index in [9.17, 15) is 62.3 Å². The summed E-state index contributed by atoms with van der Waals surface area (Å²) in [6.45, 7) is 23.0. The molecule has 0 unspecified atom stereocenters. The number of amides is 6. The molecule has 0 saturated carbocycles. The average molecular weight is 1420 g/mol. The zero-order valence-electron chi connectivity index (χ0n) is 60.5. The molecular formula is C70H118N8O22. The summed E-state index contributed by atoms with van der Waals surface area (Å²) in [5.41, 5.74) is -1.35. The molecule has 0 saturated heterocycles. The fraction of sp³-hybridized carbons (Fsp3) is 0.729. The van der Waals surface area contributed by atoms with Crippen LogP contribution in [0.2, 0.25) is 0 Å². The van der Waals surface area contributed by atoms with Crippen molar-refractivity contribution in [1.82, 2.24) is 39.9 Å². The van der Waals surface area contributed by atoms with E-state index in [0.717, 1.165) is 123 Å². The quantitative estimate of drug-likeness (QED) is 0.0204. The van der Waals surface area contributed by atoms with E-state index >= 15 is 0 Å². The van der Waals surface area contributed by atoms with Crippen molar-refractivity contribution in [2.45, 2.75) is 234 Å². The Kier molecular flexibility index (Phi) is 56.6. The van der Waals surface area contributed by atoms with Gasteiger partial charge in [-0.15, -0.1) is 0 Å². The van der Waals surface area contributed by atoms with E-state index in [4.69, 9.17) is 42.6 Å². The summed E-state index contributed by atoms with van der Waals surface area (Å²) in [6, 6.07) is 0. The van der Waals surface area contributed by atoms with Gasteiger partial charge in [-0.2, -0.15) is 0 Å². The molecule has 0 atom stereocenters. The number of carbonyl (C=O) groups excluding carboxylic acids is 10. The number of nitrogens with one attached hydrogen (secondary N) is 4. The first-order chi connectivity index (χ1) is 48.1. The van der Waals surface area contributed by atoms with Crippen molar-refractivity contribution in [3.8, 4) is 0 Å². The molecule has 1 heterocycles. The van der Waals surface area contributed by atoms with Crippen molar-refractivity contribution < 1.29 is 90.6 Å². The van der Waals surface area contributed by atoms with Gasteiger partial charge in [0.2, 0.25) is 11.8 Å². The largest absolute Gasteiger partial charge is 0.462 e. The Morgan fingerprint density at radius 1 is 0.370 bits per heavy atom. The molecule has 0 spiro atoms. The second-order valence-corrected chi connectivity index (χ2v) is 23.4. The lowest BCUT2D eigenvalue weighted by molar-refractivity contribution is -0.150. The second-order valence-electron chi connectivity index (χ2n) is 23.4. The molecule has 0 fully saturated rings. The molecule has 1 aromatic heterocycles. The lowest BCUT2D eigenvalue weighted by Crippen LogP contribution is -2.54. The Morgan fingerprint density at radius 2 is 0.690 bits per heavy atom. The van der Waals surface area contributed by atoms with Gasteiger partial charge in [0, 0.05) is 95.4 Å². The van der Waals surface area contributed by atoms with Crippen molar-refractivity contribution >= 4 is 60.1 Å². The first kappa shape index (κ1) is 91.7. The molecule has 0 radical (unpaired) electrons. The molecular weight excluding hydrogens is 1300 g/mol. The Hall–Kier alpha value is -8.31. The summed E-state index contributed by atoms with van der Waals surface area (Å²) in [5, 5.41) is 10.6. The molecule has 570 valence electrons. The third kappa shape index (κ3) is 49.2. The zero-order chi connectivity index (χ0) is 74.4. The molecule has 6 amide bonds. The number of esters is 4. The highest BCUT2D eigenvalue weighted by Crippen LogP contribution is 2.14. The number of imide groups is 1. The number of aromatic nitrogens is 3. The Bertz CT molecular complexity index is 2690. The molecule has 100 heavy (non-hydrogen) atoms. The van der Waals surface area contributed by atoms with Gasteiger partial charge in [-0.1, -0.05) is 103 Å². The van der Waals surface area contributed by atoms with Crippen molar-refractivity contribution in [2.24, 2.45) is 0 Å². The monoisotopic (exact) mass is 1420 g/mol. The van der Waals surface area contributed by atoms with Gasteiger partial charge in [0.15, 0.2) is 0 Å². The molecule has 0 bridgehead atoms. The number of hydrogen-bond acceptors (Lipinski definition) is 22. The summed E-state index contributed by atoms with van der Waals surface area (Å²) >= 11 is 0. The molecule has 1 aromatic rings. The zero-order valence-corrected chi connectivity index (χ0v) is 60.5. The van der Waals surface area contributed by atoms with Gasteiger partial charge in [0.05, 0.1) is 26.4 Å². The minimum Gasteiger partial charge on any atom is -0.462 e. The van der Waals surface area contributed by atoms with Crippen LogP contribution in [0.3, 0.4) is 0 Å². The normalized spacial score (nSPS) is 10.6. The van der Waals surface area contributed by atoms with Crippen molar-refractivity contribution in [1.29, 1.82) is 0 Å². The maximum absolute atomic E-state index is 13.3. The van der Waals surface area contributed by atoms with Gasteiger partial charge in [0.1, 0.15) is 33.0 Å². The number of rotatable bonds is 58. The number of carbonyl (C=O) groups is 10. The van der Waals surface area contributed by atoms with E-state index in [-0.39, 0.29) is 94.4 Å². The van der Waals surface area contributed by atoms with Crippen molar-refractivity contribution in [3.05, 3.63) is 68.4 Å². The molecule has 0 aliphatic carbocycles. The van der Waals surface area contributed by atoms with E-state index in [1.807, 2.05) is 0 Å². The van der Waals surface area contributed by atoms with Crippen LogP contribution in [-0.4, -0.2) is 177 Å². The lowest BCUT2D eigenvalue weighted by Gasteiger charge is -2.21. The molecule has 0 aliphatic rings. The molecule has 4 N–H and O–H groups in total. The van der Waals surface area contributed by atoms with Gasteiger partial charge < -0.3 is 63.9 Å². The summed E-state index contributed by atoms with van der Waals surface area (Å²) in [5.74, 6) is -2.23. The SMILES string of the molecule is C=C(C)C(=O)OCCOC(=O)NCCCCCCn1c(=O)n(CCCCCCNC(=O)OCC)c(=O)n(CCCCCCNC(=O)OCC)c1=O.C=CC(=O)OCCOCCCCCCCC(=O)N(CCCCCCC(=O)OCCOC(=O)C(=C)C)C(=O)CCCCCCNC(=O)OCC. The van der Waals surface area contributed by atoms with Gasteiger partial charge in [0.25, 0.3) is 0 Å². The topological polar surface area (TPSA) is 371 Å². The first-order valence-electron chi connectivity index (χ1n) is 35.7. The lowest BCUT2D eigenvalue weighted by atomic mass is 10.1. The van der Waals surface area contributed by atoms with Gasteiger partial charge in [-0.05, 0) is 112 Å². The van der Waals surface area contributed by atoms with Crippen LogP contribution in [0.5, 0.6) is 0 Å². The summed E-state index contributed by atoms with van der Waals surface area (Å²) in [4.78, 5) is 159. The van der Waals surface area contributed by atoms with Crippen LogP contribution in [0, 0.1) is 0 Å². The van der Waals surface area contributed by atoms with Crippen LogP contribution in [0.15, 0.2) is 51.3 Å². The Balaban J connectivity index is 0.00000196. The van der Waals surface area contributed by atoms with Crippen LogP contribution in [0.1, 0.15) is 214 Å². The maximum atomic E-state index is 13.3. The third-order valence-electron chi connectivity index (χ3n) is 14.8. The summed E-state index contributed by atoms with van der Waals surface area (Å²) in [6.07, 6.45) is 18.3. The van der Waals surface area contributed by atoms with Gasteiger partial charge in [-0.25, -0.2) is 61.6 Å². The number of nitrogens with zero attached hydrogens (tertiary/aromatic N) is 4. The fourth-order valence-corrected chi connectivity index (χ4v) is 9.42. The second kappa shape index (κ2) is 61.8. The minimum absolute atomic E-state index is 0.00741. The number of alkyl carbamates (subject to hydrolysis) is 4. The number of hydrogen-bond donors (Lipinski definition) is 4. The average Bonchev–Trinajstić information content (AvgIpc) is 0.788. The fourth-order valence-electron chi connectivity index (χ4n) is 9.42. The highest BCUT2D eigenvalue weighted by atomic mass is 16.6. The molecule has 1 rings (SSSR count). The van der Waals surface area contributed by atoms with E-state index in [2.05, 4.69) is 41.0 Å². The van der Waals surface area contributed by atoms with E-state index < -0.39 is 59.4 Å². The van der Waals surface area contributed by atoms with E-state index in [1.165, 1.54) is 18.7 Å². The number of unbranched alkanes of at least 4 members (excludes halogenated alkanes) is 19. The predicted octanol–water partition coefficient (Wildman–Crippen LogP) is 8.93. The van der Waals surface area contributed by atoms with Crippen LogP contribution >= 0.6 is 0 Å². The van der Waals surface area contributed by atoms with E-state index in [1.54, 1.807) is 20.8 Å². The summed E-state index contributed by atoms with van der Waals surface area (Å²) in [7, 11) is 0. The van der Waals surface area contributed by atoms with Crippen molar-refractivity contribution in [3.63, 3.8) is 0 Å². The predicted molar refractivity (Wildman–Crippen MR) is 374 cm³/mol. The van der Waals surface area contributed by atoms with Crippen LogP contribution < -0.4 is 38.3 Å². The third-order valence-corrected chi connectivity index (χ3v) is 14.8. The molecule has 0 aromatic carbocycles. The smallest absolute Gasteiger partial charge is 0.407 e. The van der Waals surface area contributed by atoms with Crippen LogP contribution in [-0.2, 0) is 91.0 Å². The van der Waals surface area contributed by atoms with E-state index in [0.29, 0.717) is 130 Å². The Labute approximate surface area is 589 Å². The van der Waals surface area contributed by atoms with Crippen molar-refractivity contribution in [2.75, 3.05) is 98.8 Å². The first-order valence-corrected chi connectivity index (χ1v) is 35.7. The minimum atomic E-state index is -0.631.